The van der Waals surface area contributed by atoms with Gasteiger partial charge in [0, 0.05) is 6.54 Å². The molecule has 1 unspecified atom stereocenters. The maximum absolute atomic E-state index is 12.4. The van der Waals surface area contributed by atoms with Gasteiger partial charge in [0.1, 0.15) is 6.54 Å². The molecule has 0 heterocycles. The number of methoxy groups -OCH3 is 1. The maximum atomic E-state index is 12.4. The first-order valence-electron chi connectivity index (χ1n) is 6.86. The standard InChI is InChI=1S/C14H26BrNO3/c1-6-11(7-2)8-16(9-12(17)19-5)14(18)13(15)10(3)4/h10-11,13H,6-9H2,1-5H3. The van der Waals surface area contributed by atoms with Crippen molar-refractivity contribution >= 4 is 27.8 Å². The lowest BCUT2D eigenvalue weighted by Crippen LogP contribution is -2.44. The molecular weight excluding hydrogens is 310 g/mol. The van der Waals surface area contributed by atoms with Gasteiger partial charge in [0.05, 0.1) is 11.9 Å². The molecule has 0 aromatic heterocycles. The van der Waals surface area contributed by atoms with Crippen LogP contribution in [0.1, 0.15) is 40.5 Å². The molecule has 1 amide bonds. The Labute approximate surface area is 125 Å². The van der Waals surface area contributed by atoms with Crippen molar-refractivity contribution in [2.24, 2.45) is 11.8 Å². The first kappa shape index (κ1) is 18.4. The summed E-state index contributed by atoms with van der Waals surface area (Å²) < 4.78 is 4.67. The van der Waals surface area contributed by atoms with Gasteiger partial charge in [-0.25, -0.2) is 0 Å². The third-order valence-electron chi connectivity index (χ3n) is 3.31. The average molecular weight is 336 g/mol. The number of carbonyl (C=O) groups is 2. The molecule has 112 valence electrons. The Morgan fingerprint density at radius 2 is 1.74 bits per heavy atom. The van der Waals surface area contributed by atoms with Crippen molar-refractivity contribution in [3.63, 3.8) is 0 Å². The highest BCUT2D eigenvalue weighted by molar-refractivity contribution is 9.10. The van der Waals surface area contributed by atoms with Crippen molar-refractivity contribution < 1.29 is 14.3 Å². The molecule has 0 radical (unpaired) electrons. The lowest BCUT2D eigenvalue weighted by atomic mass is 10.0. The molecule has 0 aliphatic heterocycles. The van der Waals surface area contributed by atoms with Crippen molar-refractivity contribution in [1.82, 2.24) is 4.90 Å². The number of hydrogen-bond acceptors (Lipinski definition) is 3. The zero-order chi connectivity index (χ0) is 15.0. The van der Waals surface area contributed by atoms with Gasteiger partial charge in [-0.05, 0) is 11.8 Å². The molecule has 0 aliphatic carbocycles. The monoisotopic (exact) mass is 335 g/mol. The number of amides is 1. The molecule has 1 atom stereocenters. The van der Waals surface area contributed by atoms with Crippen LogP contribution in [-0.2, 0) is 14.3 Å². The van der Waals surface area contributed by atoms with E-state index in [1.165, 1.54) is 7.11 Å². The van der Waals surface area contributed by atoms with E-state index in [-0.39, 0.29) is 29.2 Å². The molecule has 19 heavy (non-hydrogen) atoms. The Balaban J connectivity index is 4.83. The summed E-state index contributed by atoms with van der Waals surface area (Å²) in [4.78, 5) is 25.2. The average Bonchev–Trinajstić information content (AvgIpc) is 2.41. The molecule has 0 bridgehead atoms. The van der Waals surface area contributed by atoms with Crippen LogP contribution in [0.4, 0.5) is 0 Å². The zero-order valence-corrected chi connectivity index (χ0v) is 14.2. The number of hydrogen-bond donors (Lipinski definition) is 0. The largest absolute Gasteiger partial charge is 0.468 e. The quantitative estimate of drug-likeness (QED) is 0.506. The van der Waals surface area contributed by atoms with Crippen LogP contribution in [0.3, 0.4) is 0 Å². The van der Waals surface area contributed by atoms with Gasteiger partial charge in [-0.15, -0.1) is 0 Å². The van der Waals surface area contributed by atoms with Crippen molar-refractivity contribution in [2.75, 3.05) is 20.2 Å². The zero-order valence-electron chi connectivity index (χ0n) is 12.6. The molecule has 0 aliphatic rings. The number of nitrogens with zero attached hydrogens (tertiary/aromatic N) is 1. The van der Waals surface area contributed by atoms with Crippen LogP contribution in [0, 0.1) is 11.8 Å². The number of alkyl halides is 1. The smallest absolute Gasteiger partial charge is 0.325 e. The van der Waals surface area contributed by atoms with Gasteiger partial charge < -0.3 is 9.64 Å². The minimum atomic E-state index is -0.372. The first-order valence-corrected chi connectivity index (χ1v) is 7.78. The van der Waals surface area contributed by atoms with Gasteiger partial charge >= 0.3 is 5.97 Å². The van der Waals surface area contributed by atoms with Crippen LogP contribution in [0.25, 0.3) is 0 Å². The van der Waals surface area contributed by atoms with E-state index in [0.29, 0.717) is 12.5 Å². The van der Waals surface area contributed by atoms with E-state index in [9.17, 15) is 9.59 Å². The fraction of sp³-hybridized carbons (Fsp3) is 0.857. The van der Waals surface area contributed by atoms with Crippen LogP contribution in [0.2, 0.25) is 0 Å². The third-order valence-corrected chi connectivity index (χ3v) is 4.76. The minimum Gasteiger partial charge on any atom is -0.468 e. The lowest BCUT2D eigenvalue weighted by Gasteiger charge is -2.28. The Bertz CT molecular complexity index is 290. The van der Waals surface area contributed by atoms with E-state index < -0.39 is 0 Å². The second-order valence-corrected chi connectivity index (χ2v) is 6.11. The van der Waals surface area contributed by atoms with Crippen LogP contribution in [0.5, 0.6) is 0 Å². The van der Waals surface area contributed by atoms with Crippen molar-refractivity contribution in [3.05, 3.63) is 0 Å². The summed E-state index contributed by atoms with van der Waals surface area (Å²) in [5.74, 6) is 0.199. The van der Waals surface area contributed by atoms with Crippen LogP contribution in [-0.4, -0.2) is 41.8 Å². The Hall–Kier alpha value is -0.580. The SMILES string of the molecule is CCC(CC)CN(CC(=O)OC)C(=O)C(Br)C(C)C. The van der Waals surface area contributed by atoms with Crippen LogP contribution < -0.4 is 0 Å². The van der Waals surface area contributed by atoms with E-state index >= 15 is 0 Å². The van der Waals surface area contributed by atoms with Crippen molar-refractivity contribution in [2.45, 2.75) is 45.4 Å². The summed E-state index contributed by atoms with van der Waals surface area (Å²) in [6.45, 7) is 8.79. The summed E-state index contributed by atoms with van der Waals surface area (Å²) in [5.41, 5.74) is 0. The van der Waals surface area contributed by atoms with Gasteiger partial charge in [-0.3, -0.25) is 9.59 Å². The molecule has 0 N–H and O–H groups in total. The van der Waals surface area contributed by atoms with Crippen molar-refractivity contribution in [3.8, 4) is 0 Å². The van der Waals surface area contributed by atoms with E-state index in [4.69, 9.17) is 0 Å². The molecule has 4 nitrogen and oxygen atoms in total. The maximum Gasteiger partial charge on any atom is 0.325 e. The molecule has 0 spiro atoms. The molecule has 0 saturated carbocycles. The van der Waals surface area contributed by atoms with Crippen LogP contribution >= 0.6 is 15.9 Å². The normalized spacial score (nSPS) is 12.6. The highest BCUT2D eigenvalue weighted by Gasteiger charge is 2.27. The molecule has 0 rings (SSSR count). The predicted molar refractivity (Wildman–Crippen MR) is 80.2 cm³/mol. The number of esters is 1. The van der Waals surface area contributed by atoms with Crippen LogP contribution in [0.15, 0.2) is 0 Å². The second-order valence-electron chi connectivity index (χ2n) is 5.12. The van der Waals surface area contributed by atoms with Gasteiger partial charge in [-0.1, -0.05) is 56.5 Å². The van der Waals surface area contributed by atoms with Gasteiger partial charge in [0.2, 0.25) is 5.91 Å². The second kappa shape index (κ2) is 9.34. The number of carbonyl (C=O) groups excluding carboxylic acids is 2. The third kappa shape index (κ3) is 6.41. The van der Waals surface area contributed by atoms with Gasteiger partial charge in [0.15, 0.2) is 0 Å². The highest BCUT2D eigenvalue weighted by atomic mass is 79.9. The lowest BCUT2D eigenvalue weighted by molar-refractivity contribution is -0.147. The van der Waals surface area contributed by atoms with E-state index in [1.54, 1.807) is 4.90 Å². The number of rotatable bonds is 8. The molecule has 0 saturated heterocycles. The van der Waals surface area contributed by atoms with E-state index in [2.05, 4.69) is 34.5 Å². The van der Waals surface area contributed by atoms with E-state index in [1.807, 2.05) is 13.8 Å². The number of halogens is 1. The molecule has 5 heteroatoms. The summed E-state index contributed by atoms with van der Waals surface area (Å²) in [6, 6.07) is 0. The van der Waals surface area contributed by atoms with Gasteiger partial charge in [0.25, 0.3) is 0 Å². The Kier molecular flexibility index (Phi) is 9.06. The number of ether oxygens (including phenoxy) is 1. The summed E-state index contributed by atoms with van der Waals surface area (Å²) in [7, 11) is 1.34. The fourth-order valence-electron chi connectivity index (χ4n) is 1.77. The summed E-state index contributed by atoms with van der Waals surface area (Å²) in [5, 5.41) is 0. The topological polar surface area (TPSA) is 46.6 Å². The van der Waals surface area contributed by atoms with Crippen molar-refractivity contribution in [1.29, 1.82) is 0 Å². The molecule has 0 fully saturated rings. The molecular formula is C14H26BrNO3. The first-order chi connectivity index (χ1) is 8.87. The Morgan fingerprint density at radius 1 is 1.21 bits per heavy atom. The highest BCUT2D eigenvalue weighted by Crippen LogP contribution is 2.18. The fourth-order valence-corrected chi connectivity index (χ4v) is 2.06. The molecule has 0 aromatic rings. The molecule has 0 aromatic carbocycles. The summed E-state index contributed by atoms with van der Waals surface area (Å²) >= 11 is 3.41. The minimum absolute atomic E-state index is 0.0284. The van der Waals surface area contributed by atoms with E-state index in [0.717, 1.165) is 12.8 Å². The Morgan fingerprint density at radius 3 is 2.11 bits per heavy atom. The predicted octanol–water partition coefficient (Wildman–Crippen LogP) is 2.84. The van der Waals surface area contributed by atoms with Gasteiger partial charge in [-0.2, -0.15) is 0 Å². The summed E-state index contributed by atoms with van der Waals surface area (Å²) in [6.07, 6.45) is 1.99.